The molecule has 10 heteroatoms. The van der Waals surface area contributed by atoms with Crippen LogP contribution in [0, 0.1) is 0 Å². The highest BCUT2D eigenvalue weighted by Crippen LogP contribution is 2.29. The topological polar surface area (TPSA) is 92.8 Å². The lowest BCUT2D eigenvalue weighted by Crippen LogP contribution is -2.22. The molecule has 0 radical (unpaired) electrons. The second-order valence-electron chi connectivity index (χ2n) is 5.21. The Hall–Kier alpha value is -1.62. The van der Waals surface area contributed by atoms with Crippen LogP contribution in [0.5, 0.6) is 5.75 Å². The molecule has 0 unspecified atom stereocenters. The van der Waals surface area contributed by atoms with Gasteiger partial charge in [0.1, 0.15) is 10.6 Å². The summed E-state index contributed by atoms with van der Waals surface area (Å²) in [6.07, 6.45) is 0. The van der Waals surface area contributed by atoms with Gasteiger partial charge >= 0.3 is 0 Å². The highest BCUT2D eigenvalue weighted by Gasteiger charge is 2.21. The monoisotopic (exact) mass is 448 g/mol. The Balaban J connectivity index is 2.35. The molecule has 25 heavy (non-hydrogen) atoms. The smallest absolute Gasteiger partial charge is 0.265 e. The van der Waals surface area contributed by atoms with Crippen molar-refractivity contribution in [3.8, 4) is 5.75 Å². The predicted molar refractivity (Wildman–Crippen MR) is 98.8 cm³/mol. The van der Waals surface area contributed by atoms with E-state index in [0.29, 0.717) is 4.47 Å². The number of rotatable bonds is 6. The van der Waals surface area contributed by atoms with Gasteiger partial charge in [-0.1, -0.05) is 15.9 Å². The molecule has 0 aliphatic heterocycles. The van der Waals surface area contributed by atoms with Crippen LogP contribution in [0.3, 0.4) is 0 Å². The van der Waals surface area contributed by atoms with E-state index < -0.39 is 20.0 Å². The van der Waals surface area contributed by atoms with Crippen LogP contribution in [-0.2, 0) is 20.0 Å². The average Bonchev–Trinajstić information content (AvgIpc) is 2.54. The zero-order valence-corrected chi connectivity index (χ0v) is 16.9. The van der Waals surface area contributed by atoms with E-state index in [9.17, 15) is 16.8 Å². The summed E-state index contributed by atoms with van der Waals surface area (Å²) in [6, 6.07) is 10.1. The van der Waals surface area contributed by atoms with E-state index in [4.69, 9.17) is 4.74 Å². The summed E-state index contributed by atoms with van der Waals surface area (Å²) in [5.41, 5.74) is 0.236. The lowest BCUT2D eigenvalue weighted by atomic mass is 10.3. The number of methoxy groups -OCH3 is 1. The third-order valence-electron chi connectivity index (χ3n) is 3.30. The zero-order valence-electron chi connectivity index (χ0n) is 13.7. The van der Waals surface area contributed by atoms with Crippen LogP contribution in [0.4, 0.5) is 5.69 Å². The van der Waals surface area contributed by atoms with Crippen molar-refractivity contribution in [1.82, 2.24) is 4.31 Å². The van der Waals surface area contributed by atoms with Crippen LogP contribution in [0.1, 0.15) is 0 Å². The van der Waals surface area contributed by atoms with Gasteiger partial charge in [-0.15, -0.1) is 0 Å². The van der Waals surface area contributed by atoms with Crippen molar-refractivity contribution >= 4 is 41.7 Å². The summed E-state index contributed by atoms with van der Waals surface area (Å²) in [5.74, 6) is 0.197. The fourth-order valence-corrected chi connectivity index (χ4v) is 4.65. The van der Waals surface area contributed by atoms with Crippen LogP contribution < -0.4 is 9.46 Å². The van der Waals surface area contributed by atoms with Crippen LogP contribution in [0.2, 0.25) is 0 Å². The van der Waals surface area contributed by atoms with Gasteiger partial charge in [-0.25, -0.2) is 21.1 Å². The van der Waals surface area contributed by atoms with Crippen molar-refractivity contribution in [2.75, 3.05) is 25.9 Å². The molecule has 0 amide bonds. The van der Waals surface area contributed by atoms with Gasteiger partial charge in [-0.3, -0.25) is 4.72 Å². The average molecular weight is 449 g/mol. The number of halogens is 1. The standard InChI is InChI=1S/C15H17BrN2O5S2/c1-18(2)25(21,22)13-7-5-12(6-8-13)17-24(19,20)15-10-11(16)4-9-14(15)23-3/h4-10,17H,1-3H3. The summed E-state index contributed by atoms with van der Waals surface area (Å²) in [5, 5.41) is 0. The number of ether oxygens (including phenoxy) is 1. The second-order valence-corrected chi connectivity index (χ2v) is 9.93. The number of sulfonamides is 2. The van der Waals surface area contributed by atoms with Crippen molar-refractivity contribution in [2.45, 2.75) is 9.79 Å². The number of hydrogen-bond donors (Lipinski definition) is 1. The summed E-state index contributed by atoms with van der Waals surface area (Å²) in [7, 11) is -3.26. The minimum Gasteiger partial charge on any atom is -0.495 e. The van der Waals surface area contributed by atoms with Crippen LogP contribution in [0.15, 0.2) is 56.7 Å². The highest BCUT2D eigenvalue weighted by molar-refractivity contribution is 9.10. The molecule has 2 rings (SSSR count). The van der Waals surface area contributed by atoms with Gasteiger partial charge in [-0.2, -0.15) is 0 Å². The molecule has 2 aromatic rings. The van der Waals surface area contributed by atoms with Crippen molar-refractivity contribution in [3.63, 3.8) is 0 Å². The van der Waals surface area contributed by atoms with E-state index in [0.717, 1.165) is 4.31 Å². The van der Waals surface area contributed by atoms with Gasteiger partial charge in [0.25, 0.3) is 10.0 Å². The van der Waals surface area contributed by atoms with E-state index in [1.807, 2.05) is 0 Å². The summed E-state index contributed by atoms with van der Waals surface area (Å²) in [4.78, 5) is 0.0369. The molecular weight excluding hydrogens is 432 g/mol. The Morgan fingerprint density at radius 2 is 1.60 bits per heavy atom. The van der Waals surface area contributed by atoms with Crippen LogP contribution >= 0.6 is 15.9 Å². The molecule has 2 aromatic carbocycles. The third kappa shape index (κ3) is 4.32. The molecule has 0 spiro atoms. The molecule has 0 bridgehead atoms. The molecule has 0 heterocycles. The Labute approximate surface area is 155 Å². The van der Waals surface area contributed by atoms with Gasteiger partial charge in [0.2, 0.25) is 10.0 Å². The first-order chi connectivity index (χ1) is 11.6. The highest BCUT2D eigenvalue weighted by atomic mass is 79.9. The van der Waals surface area contributed by atoms with E-state index in [1.54, 1.807) is 6.07 Å². The molecule has 0 aliphatic rings. The molecule has 0 atom stereocenters. The largest absolute Gasteiger partial charge is 0.495 e. The predicted octanol–water partition coefficient (Wildman–Crippen LogP) is 2.51. The molecule has 0 saturated carbocycles. The first-order valence-electron chi connectivity index (χ1n) is 6.97. The summed E-state index contributed by atoms with van der Waals surface area (Å²) < 4.78 is 58.4. The lowest BCUT2D eigenvalue weighted by Gasteiger charge is -2.14. The summed E-state index contributed by atoms with van der Waals surface area (Å²) in [6.45, 7) is 0. The fraction of sp³-hybridized carbons (Fsp3) is 0.200. The Morgan fingerprint density at radius 3 is 2.12 bits per heavy atom. The quantitative estimate of drug-likeness (QED) is 0.732. The molecular formula is C15H17BrN2O5S2. The van der Waals surface area contributed by atoms with Crippen molar-refractivity contribution < 1.29 is 21.6 Å². The maximum Gasteiger partial charge on any atom is 0.265 e. The maximum atomic E-state index is 12.6. The van der Waals surface area contributed by atoms with Gasteiger partial charge in [-0.05, 0) is 42.5 Å². The second kappa shape index (κ2) is 7.32. The lowest BCUT2D eigenvalue weighted by molar-refractivity contribution is 0.403. The minimum absolute atomic E-state index is 0.0330. The Morgan fingerprint density at radius 1 is 1.00 bits per heavy atom. The Bertz CT molecular complexity index is 971. The molecule has 1 N–H and O–H groups in total. The van der Waals surface area contributed by atoms with Crippen molar-refractivity contribution in [3.05, 3.63) is 46.9 Å². The summed E-state index contributed by atoms with van der Waals surface area (Å²) >= 11 is 3.23. The van der Waals surface area contributed by atoms with Gasteiger partial charge in [0.05, 0.1) is 12.0 Å². The van der Waals surface area contributed by atoms with E-state index in [1.165, 1.54) is 57.6 Å². The number of benzene rings is 2. The normalized spacial score (nSPS) is 12.2. The third-order valence-corrected chi connectivity index (χ3v) is 7.03. The molecule has 136 valence electrons. The Kier molecular flexibility index (Phi) is 5.77. The SMILES string of the molecule is COc1ccc(Br)cc1S(=O)(=O)Nc1ccc(S(=O)(=O)N(C)C)cc1. The van der Waals surface area contributed by atoms with E-state index in [-0.39, 0.29) is 21.2 Å². The minimum atomic E-state index is -3.91. The number of nitrogens with zero attached hydrogens (tertiary/aromatic N) is 1. The first kappa shape index (κ1) is 19.7. The van der Waals surface area contributed by atoms with Crippen LogP contribution in [-0.4, -0.2) is 42.3 Å². The first-order valence-corrected chi connectivity index (χ1v) is 10.7. The molecule has 0 aliphatic carbocycles. The van der Waals surface area contributed by atoms with Crippen molar-refractivity contribution in [1.29, 1.82) is 0 Å². The van der Waals surface area contributed by atoms with E-state index >= 15 is 0 Å². The van der Waals surface area contributed by atoms with E-state index in [2.05, 4.69) is 20.7 Å². The maximum absolute atomic E-state index is 12.6. The molecule has 7 nitrogen and oxygen atoms in total. The molecule has 0 fully saturated rings. The van der Waals surface area contributed by atoms with Crippen LogP contribution in [0.25, 0.3) is 0 Å². The zero-order chi connectivity index (χ0) is 18.8. The molecule has 0 saturated heterocycles. The number of hydrogen-bond acceptors (Lipinski definition) is 5. The number of nitrogens with one attached hydrogen (secondary N) is 1. The molecule has 0 aromatic heterocycles. The van der Waals surface area contributed by atoms with Gasteiger partial charge < -0.3 is 4.74 Å². The number of anilines is 1. The van der Waals surface area contributed by atoms with Gasteiger partial charge in [0.15, 0.2) is 0 Å². The van der Waals surface area contributed by atoms with Gasteiger partial charge in [0, 0.05) is 24.3 Å². The van der Waals surface area contributed by atoms with Crippen molar-refractivity contribution in [2.24, 2.45) is 0 Å². The fourth-order valence-electron chi connectivity index (χ4n) is 1.98.